The number of benzene rings is 2. The molecule has 6 aliphatic rings. The average Bonchev–Trinajstić information content (AvgIpc) is 3.59. The fraction of sp³-hybridized carbons (Fsp3) is 0.559. The van der Waals surface area contributed by atoms with Gasteiger partial charge in [0.15, 0.2) is 0 Å². The SMILES string of the molecule is C[C@]12CC=C3C=C4CC[C@@H](N5C[C@H](O)C[C@H]5C(=O)O)C[C@]45CCC3(O5)[C@@H]1CC[C@@H]2c1ccc2ccccc2c1. The van der Waals surface area contributed by atoms with Crippen molar-refractivity contribution < 1.29 is 19.7 Å². The topological polar surface area (TPSA) is 70.0 Å². The summed E-state index contributed by atoms with van der Waals surface area (Å²) in [6.07, 6.45) is 13.1. The Balaban J connectivity index is 1.12. The lowest BCUT2D eigenvalue weighted by molar-refractivity contribution is -0.150. The lowest BCUT2D eigenvalue weighted by Gasteiger charge is -2.55. The highest BCUT2D eigenvalue weighted by molar-refractivity contribution is 5.83. The highest BCUT2D eigenvalue weighted by Crippen LogP contribution is 2.69. The van der Waals surface area contributed by atoms with Crippen LogP contribution in [0.15, 0.2) is 65.8 Å². The molecule has 3 aliphatic heterocycles. The third-order valence-electron chi connectivity index (χ3n) is 11.9. The number of rotatable bonds is 3. The molecule has 4 fully saturated rings. The molecule has 2 bridgehead atoms. The van der Waals surface area contributed by atoms with E-state index in [0.29, 0.717) is 24.8 Å². The van der Waals surface area contributed by atoms with Crippen LogP contribution in [0, 0.1) is 11.3 Å². The van der Waals surface area contributed by atoms with Crippen LogP contribution in [0.3, 0.4) is 0 Å². The van der Waals surface area contributed by atoms with Crippen molar-refractivity contribution in [3.8, 4) is 0 Å². The number of hydrogen-bond donors (Lipinski definition) is 2. The molecular weight excluding hydrogens is 486 g/mol. The number of aliphatic carboxylic acids is 1. The molecule has 2 N–H and O–H groups in total. The van der Waals surface area contributed by atoms with Crippen LogP contribution < -0.4 is 0 Å². The van der Waals surface area contributed by atoms with Gasteiger partial charge in [0.05, 0.1) is 17.3 Å². The third-order valence-corrected chi connectivity index (χ3v) is 11.9. The van der Waals surface area contributed by atoms with Crippen LogP contribution in [-0.2, 0) is 9.53 Å². The summed E-state index contributed by atoms with van der Waals surface area (Å²) in [6, 6.07) is 15.3. The smallest absolute Gasteiger partial charge is 0.321 e. The summed E-state index contributed by atoms with van der Waals surface area (Å²) in [5, 5.41) is 22.8. The van der Waals surface area contributed by atoms with Crippen molar-refractivity contribution in [3.05, 3.63) is 71.3 Å². The van der Waals surface area contributed by atoms with Crippen LogP contribution in [0.25, 0.3) is 10.8 Å². The molecule has 2 aromatic carbocycles. The lowest BCUT2D eigenvalue weighted by Crippen LogP contribution is -2.56. The van der Waals surface area contributed by atoms with Crippen molar-refractivity contribution in [3.63, 3.8) is 0 Å². The number of carboxylic acid groups (broad SMARTS) is 1. The number of likely N-dealkylation sites (tertiary alicyclic amines) is 1. The summed E-state index contributed by atoms with van der Waals surface area (Å²) in [5.74, 6) is 0.197. The van der Waals surface area contributed by atoms with Crippen LogP contribution in [-0.4, -0.2) is 57.0 Å². The Kier molecular flexibility index (Phi) is 5.17. The Hall–Kier alpha value is -2.47. The zero-order valence-corrected chi connectivity index (χ0v) is 22.8. The van der Waals surface area contributed by atoms with Gasteiger partial charge in [-0.05, 0) is 96.1 Å². The van der Waals surface area contributed by atoms with Crippen molar-refractivity contribution in [2.45, 2.75) is 100 Å². The Morgan fingerprint density at radius 2 is 1.92 bits per heavy atom. The van der Waals surface area contributed by atoms with Gasteiger partial charge >= 0.3 is 5.97 Å². The summed E-state index contributed by atoms with van der Waals surface area (Å²) < 4.78 is 7.45. The van der Waals surface area contributed by atoms with E-state index < -0.39 is 18.1 Å². The van der Waals surface area contributed by atoms with Crippen molar-refractivity contribution in [1.29, 1.82) is 0 Å². The van der Waals surface area contributed by atoms with Gasteiger partial charge in [0.2, 0.25) is 0 Å². The largest absolute Gasteiger partial charge is 0.480 e. The highest BCUT2D eigenvalue weighted by Gasteiger charge is 2.67. The van der Waals surface area contributed by atoms with Gasteiger partial charge in [0.25, 0.3) is 0 Å². The standard InChI is InChI=1S/C34H39NO4/c1-32-13-12-25-17-24-8-9-26(35-20-27(36)18-29(35)31(37)38)19-33(24)14-15-34(25,39-33)30(32)11-10-28(32)23-7-6-21-4-2-3-5-22(21)16-23/h2-7,12,16-17,26-30,36H,8-11,13-15,18-20H2,1H3,(H,37,38)/t26-,27-,28-,29+,30-,32-,33-,34?/m1/s1. The predicted octanol–water partition coefficient (Wildman–Crippen LogP) is 5.97. The fourth-order valence-corrected chi connectivity index (χ4v) is 10.1. The van der Waals surface area contributed by atoms with Gasteiger partial charge in [-0.1, -0.05) is 61.5 Å². The minimum absolute atomic E-state index is 0.144. The summed E-state index contributed by atoms with van der Waals surface area (Å²) in [4.78, 5) is 14.1. The van der Waals surface area contributed by atoms with Crippen molar-refractivity contribution >= 4 is 16.7 Å². The van der Waals surface area contributed by atoms with Gasteiger partial charge in [-0.25, -0.2) is 0 Å². The molecule has 0 aromatic heterocycles. The van der Waals surface area contributed by atoms with E-state index in [9.17, 15) is 15.0 Å². The summed E-state index contributed by atoms with van der Waals surface area (Å²) in [7, 11) is 0. The van der Waals surface area contributed by atoms with Gasteiger partial charge < -0.3 is 14.9 Å². The van der Waals surface area contributed by atoms with E-state index in [-0.39, 0.29) is 22.7 Å². The molecule has 2 spiro atoms. The molecule has 2 aromatic rings. The van der Waals surface area contributed by atoms with Crippen LogP contribution >= 0.6 is 0 Å². The maximum Gasteiger partial charge on any atom is 0.321 e. The lowest BCUT2D eigenvalue weighted by atomic mass is 9.58. The average molecular weight is 526 g/mol. The number of aliphatic hydroxyl groups excluding tert-OH is 1. The minimum Gasteiger partial charge on any atom is -0.480 e. The first-order valence-corrected chi connectivity index (χ1v) is 15.1. The van der Waals surface area contributed by atoms with Gasteiger partial charge in [0, 0.05) is 19.0 Å². The summed E-state index contributed by atoms with van der Waals surface area (Å²) in [5.41, 5.74) is 3.97. The Labute approximate surface area is 230 Å². The predicted molar refractivity (Wildman–Crippen MR) is 150 cm³/mol. The number of carbonyl (C=O) groups is 1. The van der Waals surface area contributed by atoms with Gasteiger partial charge in [-0.3, -0.25) is 9.69 Å². The molecular formula is C34H39NO4. The van der Waals surface area contributed by atoms with Crippen molar-refractivity contribution in [1.82, 2.24) is 4.90 Å². The van der Waals surface area contributed by atoms with Crippen LogP contribution in [0.1, 0.15) is 76.2 Å². The molecule has 39 heavy (non-hydrogen) atoms. The van der Waals surface area contributed by atoms with E-state index in [1.54, 1.807) is 0 Å². The third kappa shape index (κ3) is 3.33. The van der Waals surface area contributed by atoms with Gasteiger partial charge in [-0.2, -0.15) is 0 Å². The van der Waals surface area contributed by atoms with Crippen LogP contribution in [0.2, 0.25) is 0 Å². The normalized spacial score (nSPS) is 43.0. The second-order valence-corrected chi connectivity index (χ2v) is 13.7. The monoisotopic (exact) mass is 525 g/mol. The van der Waals surface area contributed by atoms with E-state index in [1.807, 2.05) is 0 Å². The first-order chi connectivity index (χ1) is 18.8. The molecule has 3 aliphatic carbocycles. The molecule has 8 rings (SSSR count). The van der Waals surface area contributed by atoms with Gasteiger partial charge in [0.1, 0.15) is 6.04 Å². The molecule has 1 unspecified atom stereocenters. The molecule has 2 saturated carbocycles. The van der Waals surface area contributed by atoms with E-state index in [2.05, 4.69) is 66.4 Å². The highest BCUT2D eigenvalue weighted by atomic mass is 16.5. The maximum atomic E-state index is 12.0. The maximum absolute atomic E-state index is 12.0. The molecule has 0 amide bonds. The number of β-amino-alcohol motifs (C(OH)–C–C–N with tert-alkyl or cyclic N) is 1. The molecule has 3 heterocycles. The number of ether oxygens (including phenoxy) is 1. The second kappa shape index (κ2) is 8.28. The molecule has 5 nitrogen and oxygen atoms in total. The Morgan fingerprint density at radius 1 is 1.08 bits per heavy atom. The molecule has 8 atom stereocenters. The quantitative estimate of drug-likeness (QED) is 0.517. The summed E-state index contributed by atoms with van der Waals surface area (Å²) >= 11 is 0. The Bertz CT molecular complexity index is 1430. The van der Waals surface area contributed by atoms with E-state index in [0.717, 1.165) is 38.5 Å². The number of aliphatic hydroxyl groups is 1. The van der Waals surface area contributed by atoms with E-state index in [1.165, 1.54) is 40.3 Å². The number of allylic oxidation sites excluding steroid dienone is 1. The second-order valence-electron chi connectivity index (χ2n) is 13.7. The molecule has 2 saturated heterocycles. The van der Waals surface area contributed by atoms with Crippen molar-refractivity contribution in [2.75, 3.05) is 6.54 Å². The number of carboxylic acids is 1. The Morgan fingerprint density at radius 3 is 2.77 bits per heavy atom. The first-order valence-electron chi connectivity index (χ1n) is 15.1. The zero-order valence-electron chi connectivity index (χ0n) is 22.8. The van der Waals surface area contributed by atoms with Gasteiger partial charge in [-0.15, -0.1) is 0 Å². The van der Waals surface area contributed by atoms with Crippen molar-refractivity contribution in [2.24, 2.45) is 11.3 Å². The fourth-order valence-electron chi connectivity index (χ4n) is 10.1. The molecule has 204 valence electrons. The van der Waals surface area contributed by atoms with E-state index in [4.69, 9.17) is 4.74 Å². The number of nitrogens with zero attached hydrogens (tertiary/aromatic N) is 1. The number of fused-ring (bicyclic) bond motifs is 2. The van der Waals surface area contributed by atoms with Crippen LogP contribution in [0.4, 0.5) is 0 Å². The zero-order chi connectivity index (χ0) is 26.6. The van der Waals surface area contributed by atoms with E-state index >= 15 is 0 Å². The van der Waals surface area contributed by atoms with Crippen LogP contribution in [0.5, 0.6) is 0 Å². The molecule has 0 radical (unpaired) electrons. The summed E-state index contributed by atoms with van der Waals surface area (Å²) in [6.45, 7) is 2.98. The number of hydrogen-bond acceptors (Lipinski definition) is 4. The first kappa shape index (κ1) is 24.3. The molecule has 5 heteroatoms. The minimum atomic E-state index is -0.809.